The van der Waals surface area contributed by atoms with E-state index in [2.05, 4.69) is 0 Å². The van der Waals surface area contributed by atoms with Crippen LogP contribution in [0.2, 0.25) is 0 Å². The van der Waals surface area contributed by atoms with Crippen LogP contribution in [0, 0.1) is 12.3 Å². The highest BCUT2D eigenvalue weighted by Crippen LogP contribution is 2.19. The molecule has 2 aromatic rings. The minimum absolute atomic E-state index is 0.207. The van der Waals surface area contributed by atoms with Crippen LogP contribution in [0.1, 0.15) is 17.5 Å². The summed E-state index contributed by atoms with van der Waals surface area (Å²) in [6.45, 7) is 3.12. The molecule has 0 spiro atoms. The SMILES string of the molecule is COCCCn1c(-c2ccc(C)cc2)ccc(C(=N)N)c1=O. The van der Waals surface area contributed by atoms with Gasteiger partial charge in [-0.1, -0.05) is 29.8 Å². The van der Waals surface area contributed by atoms with Gasteiger partial charge >= 0.3 is 0 Å². The fourth-order valence-electron chi connectivity index (χ4n) is 2.35. The molecule has 0 bridgehead atoms. The van der Waals surface area contributed by atoms with Gasteiger partial charge < -0.3 is 15.0 Å². The van der Waals surface area contributed by atoms with Crippen LogP contribution < -0.4 is 11.3 Å². The number of nitrogens with two attached hydrogens (primary N) is 1. The molecule has 0 unspecified atom stereocenters. The molecule has 0 fully saturated rings. The third-order valence-electron chi connectivity index (χ3n) is 3.54. The number of nitrogen functional groups attached to an aromatic ring is 1. The first kappa shape index (κ1) is 16.0. The summed E-state index contributed by atoms with van der Waals surface area (Å²) in [6, 6.07) is 11.5. The predicted octanol–water partition coefficient (Wildman–Crippen LogP) is 2.14. The lowest BCUT2D eigenvalue weighted by molar-refractivity contribution is 0.190. The number of amidine groups is 1. The van der Waals surface area contributed by atoms with Gasteiger partial charge in [-0.25, -0.2) is 0 Å². The summed E-state index contributed by atoms with van der Waals surface area (Å²) in [6.07, 6.45) is 0.719. The molecule has 0 atom stereocenters. The van der Waals surface area contributed by atoms with E-state index in [1.165, 1.54) is 0 Å². The first-order valence-electron chi connectivity index (χ1n) is 7.19. The predicted molar refractivity (Wildman–Crippen MR) is 88.4 cm³/mol. The highest BCUT2D eigenvalue weighted by Gasteiger charge is 2.12. The summed E-state index contributed by atoms with van der Waals surface area (Å²) in [5.74, 6) is -0.207. The van der Waals surface area contributed by atoms with Gasteiger partial charge in [0.1, 0.15) is 5.84 Å². The van der Waals surface area contributed by atoms with Crippen molar-refractivity contribution < 1.29 is 4.74 Å². The van der Waals surface area contributed by atoms with Gasteiger partial charge in [-0.05, 0) is 31.0 Å². The van der Waals surface area contributed by atoms with Gasteiger partial charge in [0, 0.05) is 20.3 Å². The number of ether oxygens (including phenoxy) is 1. The Morgan fingerprint density at radius 1 is 1.23 bits per heavy atom. The molecule has 0 aliphatic heterocycles. The number of aryl methyl sites for hydroxylation is 1. The highest BCUT2D eigenvalue weighted by molar-refractivity contribution is 5.94. The van der Waals surface area contributed by atoms with Crippen molar-refractivity contribution in [3.63, 3.8) is 0 Å². The van der Waals surface area contributed by atoms with Crippen molar-refractivity contribution in [2.24, 2.45) is 5.73 Å². The zero-order valence-corrected chi connectivity index (χ0v) is 12.9. The van der Waals surface area contributed by atoms with Gasteiger partial charge in [0.05, 0.1) is 11.3 Å². The molecule has 2 rings (SSSR count). The molecule has 22 heavy (non-hydrogen) atoms. The van der Waals surface area contributed by atoms with E-state index in [4.69, 9.17) is 15.9 Å². The van der Waals surface area contributed by atoms with Crippen LogP contribution in [-0.4, -0.2) is 24.1 Å². The van der Waals surface area contributed by atoms with Crippen molar-refractivity contribution >= 4 is 5.84 Å². The lowest BCUT2D eigenvalue weighted by atomic mass is 10.1. The van der Waals surface area contributed by atoms with Crippen molar-refractivity contribution in [2.75, 3.05) is 13.7 Å². The maximum Gasteiger partial charge on any atom is 0.262 e. The largest absolute Gasteiger partial charge is 0.385 e. The Morgan fingerprint density at radius 3 is 2.50 bits per heavy atom. The Hall–Kier alpha value is -2.40. The number of hydrogen-bond donors (Lipinski definition) is 2. The van der Waals surface area contributed by atoms with Gasteiger partial charge in [-0.15, -0.1) is 0 Å². The van der Waals surface area contributed by atoms with Crippen LogP contribution in [0.4, 0.5) is 0 Å². The lowest BCUT2D eigenvalue weighted by Gasteiger charge is -2.14. The number of methoxy groups -OCH3 is 1. The first-order valence-corrected chi connectivity index (χ1v) is 7.19. The Kier molecular flexibility index (Phi) is 5.12. The van der Waals surface area contributed by atoms with Gasteiger partial charge in [0.2, 0.25) is 0 Å². The Labute approximate surface area is 129 Å². The van der Waals surface area contributed by atoms with Crippen LogP contribution in [0.5, 0.6) is 0 Å². The summed E-state index contributed by atoms with van der Waals surface area (Å²) < 4.78 is 6.73. The molecule has 0 amide bonds. The van der Waals surface area contributed by atoms with Gasteiger partial charge in [0.15, 0.2) is 0 Å². The number of pyridine rings is 1. The zero-order valence-electron chi connectivity index (χ0n) is 12.9. The number of hydrogen-bond acceptors (Lipinski definition) is 3. The third kappa shape index (κ3) is 3.43. The van der Waals surface area contributed by atoms with Gasteiger partial charge in [-0.3, -0.25) is 10.2 Å². The standard InChI is InChI=1S/C17H21N3O2/c1-12-4-6-13(7-5-12)15-9-8-14(16(18)19)17(21)20(15)10-3-11-22-2/h4-9H,3,10-11H2,1-2H3,(H3,18,19). The van der Waals surface area contributed by atoms with Crippen molar-refractivity contribution in [2.45, 2.75) is 19.9 Å². The topological polar surface area (TPSA) is 81.1 Å². The number of nitrogens with one attached hydrogen (secondary N) is 1. The van der Waals surface area contributed by atoms with Crippen molar-refractivity contribution in [3.8, 4) is 11.3 Å². The number of rotatable bonds is 6. The van der Waals surface area contributed by atoms with Crippen LogP contribution in [0.15, 0.2) is 41.2 Å². The average molecular weight is 299 g/mol. The molecule has 5 heteroatoms. The summed E-state index contributed by atoms with van der Waals surface area (Å²) >= 11 is 0. The van der Waals surface area contributed by atoms with E-state index in [0.29, 0.717) is 13.2 Å². The summed E-state index contributed by atoms with van der Waals surface area (Å²) in [5, 5.41) is 7.53. The molecule has 5 nitrogen and oxygen atoms in total. The molecule has 1 aromatic carbocycles. The number of nitrogens with zero attached hydrogens (tertiary/aromatic N) is 1. The van der Waals surface area contributed by atoms with Crippen molar-refractivity contribution in [3.05, 3.63) is 57.9 Å². The quantitative estimate of drug-likeness (QED) is 0.487. The summed E-state index contributed by atoms with van der Waals surface area (Å²) in [4.78, 5) is 12.6. The maximum absolute atomic E-state index is 12.6. The first-order chi connectivity index (χ1) is 10.5. The van der Waals surface area contributed by atoms with Gasteiger partial charge in [0.25, 0.3) is 5.56 Å². The van der Waals surface area contributed by atoms with E-state index in [1.807, 2.05) is 37.3 Å². The molecule has 3 N–H and O–H groups in total. The molecule has 0 aliphatic rings. The monoisotopic (exact) mass is 299 g/mol. The van der Waals surface area contributed by atoms with E-state index in [9.17, 15) is 4.79 Å². The Balaban J connectivity index is 2.52. The third-order valence-corrected chi connectivity index (χ3v) is 3.54. The Morgan fingerprint density at radius 2 is 1.91 bits per heavy atom. The lowest BCUT2D eigenvalue weighted by Crippen LogP contribution is -2.30. The number of aromatic nitrogens is 1. The minimum Gasteiger partial charge on any atom is -0.385 e. The fourth-order valence-corrected chi connectivity index (χ4v) is 2.35. The molecular weight excluding hydrogens is 278 g/mol. The second-order valence-corrected chi connectivity index (χ2v) is 5.22. The molecule has 1 heterocycles. The molecule has 1 aromatic heterocycles. The van der Waals surface area contributed by atoms with Crippen molar-refractivity contribution in [1.29, 1.82) is 5.41 Å². The summed E-state index contributed by atoms with van der Waals surface area (Å²) in [7, 11) is 1.63. The fraction of sp³-hybridized carbons (Fsp3) is 0.294. The van der Waals surface area contributed by atoms with Crippen LogP contribution in [0.25, 0.3) is 11.3 Å². The second kappa shape index (κ2) is 7.04. The average Bonchev–Trinajstić information content (AvgIpc) is 2.49. The van der Waals surface area contributed by atoms with Crippen molar-refractivity contribution in [1.82, 2.24) is 4.57 Å². The molecular formula is C17H21N3O2. The normalized spacial score (nSPS) is 10.6. The molecule has 0 saturated carbocycles. The van der Waals surface area contributed by atoms with Gasteiger partial charge in [-0.2, -0.15) is 0 Å². The summed E-state index contributed by atoms with van der Waals surface area (Å²) in [5.41, 5.74) is 8.44. The number of benzene rings is 1. The van der Waals surface area contributed by atoms with Crippen LogP contribution in [-0.2, 0) is 11.3 Å². The molecule has 0 saturated heterocycles. The van der Waals surface area contributed by atoms with E-state index >= 15 is 0 Å². The van der Waals surface area contributed by atoms with E-state index in [1.54, 1.807) is 17.7 Å². The molecule has 116 valence electrons. The highest BCUT2D eigenvalue weighted by atomic mass is 16.5. The van der Waals surface area contributed by atoms with Crippen LogP contribution in [0.3, 0.4) is 0 Å². The minimum atomic E-state index is -0.235. The van der Waals surface area contributed by atoms with Crippen LogP contribution >= 0.6 is 0 Å². The second-order valence-electron chi connectivity index (χ2n) is 5.22. The van der Waals surface area contributed by atoms with E-state index in [0.717, 1.165) is 23.2 Å². The maximum atomic E-state index is 12.6. The molecule has 0 radical (unpaired) electrons. The zero-order chi connectivity index (χ0) is 16.1. The Bertz CT molecular complexity index is 718. The molecule has 0 aliphatic carbocycles. The smallest absolute Gasteiger partial charge is 0.262 e. The van der Waals surface area contributed by atoms with E-state index in [-0.39, 0.29) is 17.0 Å². The van der Waals surface area contributed by atoms with E-state index < -0.39 is 0 Å².